The van der Waals surface area contributed by atoms with Gasteiger partial charge in [-0.1, -0.05) is 45.9 Å². The molecule has 2 N–H and O–H groups in total. The summed E-state index contributed by atoms with van der Waals surface area (Å²) in [6.45, 7) is 13.0. The van der Waals surface area contributed by atoms with E-state index in [0.29, 0.717) is 12.8 Å². The molecule has 1 aliphatic heterocycles. The van der Waals surface area contributed by atoms with E-state index in [-0.39, 0.29) is 5.56 Å². The van der Waals surface area contributed by atoms with Gasteiger partial charge in [0.15, 0.2) is 11.7 Å². The van der Waals surface area contributed by atoms with Gasteiger partial charge in [0, 0.05) is 20.3 Å². The lowest BCUT2D eigenvalue weighted by Crippen LogP contribution is -2.85. The predicted molar refractivity (Wildman–Crippen MR) is 172 cm³/mol. The Kier molecular flexibility index (Phi) is 10.9. The predicted octanol–water partition coefficient (Wildman–Crippen LogP) is 3.30. The highest BCUT2D eigenvalue weighted by atomic mass is 16.6. The number of carbonyl (C=O) groups excluding carboxylic acids is 5. The van der Waals surface area contributed by atoms with Gasteiger partial charge in [-0.15, -0.1) is 0 Å². The zero-order valence-corrected chi connectivity index (χ0v) is 29.7. The van der Waals surface area contributed by atoms with Gasteiger partial charge in [0.25, 0.3) is 0 Å². The Hall–Kier alpha value is -3.55. The molecule has 272 valence electrons. The second-order valence-corrected chi connectivity index (χ2v) is 14.4. The summed E-state index contributed by atoms with van der Waals surface area (Å²) in [6, 6.07) is 7.94. The van der Waals surface area contributed by atoms with Crippen LogP contribution < -0.4 is 0 Å². The van der Waals surface area contributed by atoms with E-state index < -0.39 is 113 Å². The Bertz CT molecular complexity index is 1420. The molecule has 13 nitrogen and oxygen atoms in total. The summed E-state index contributed by atoms with van der Waals surface area (Å²) in [5.41, 5.74) is -7.83. The smallest absolute Gasteiger partial charge is 0.338 e. The molecular formula is C36H50O13. The van der Waals surface area contributed by atoms with Crippen LogP contribution in [0.3, 0.4) is 0 Å². The van der Waals surface area contributed by atoms with Crippen molar-refractivity contribution in [3.63, 3.8) is 0 Å². The maximum Gasteiger partial charge on any atom is 0.338 e. The Morgan fingerprint density at radius 3 is 1.94 bits per heavy atom. The number of benzene rings is 1. The molecule has 7 unspecified atom stereocenters. The van der Waals surface area contributed by atoms with Crippen molar-refractivity contribution >= 4 is 29.8 Å². The minimum absolute atomic E-state index is 0.108. The zero-order valence-electron chi connectivity index (χ0n) is 29.7. The molecular weight excluding hydrogens is 640 g/mol. The summed E-state index contributed by atoms with van der Waals surface area (Å²) in [5, 5.41) is 24.3. The maximum atomic E-state index is 14.0. The van der Waals surface area contributed by atoms with Crippen LogP contribution >= 0.6 is 0 Å². The Balaban J connectivity index is 2.15. The van der Waals surface area contributed by atoms with Crippen LogP contribution in [0.4, 0.5) is 0 Å². The van der Waals surface area contributed by atoms with E-state index in [1.54, 1.807) is 59.7 Å². The maximum absolute atomic E-state index is 14.0. The molecule has 2 saturated carbocycles. The molecule has 3 fully saturated rings. The first-order valence-corrected chi connectivity index (χ1v) is 16.9. The van der Waals surface area contributed by atoms with Crippen LogP contribution in [0, 0.1) is 23.2 Å². The molecule has 1 heterocycles. The monoisotopic (exact) mass is 690 g/mol. The second-order valence-electron chi connectivity index (χ2n) is 14.4. The standard InChI is InChI=1S/C36H50O13/c1-10-19(3)30(40)44-18-35-27(45-21(5)37)24(39)17-34(9,43)36(35)28(46-22(6)38)25(33(7,8)49-36)26(47-31(41)20(4)11-2)29(35)48-32(42)23-15-13-12-14-16-23/h12-16,19-20,24-29,39,43H,10-11,17-18H2,1-9H3/t19?,20?,24?,25-,26?,27?,28?,29?,34-,35+,36+/m1/s1. The number of hydrogen-bond acceptors (Lipinski definition) is 13. The lowest BCUT2D eigenvalue weighted by Gasteiger charge is -2.66. The number of esters is 5. The van der Waals surface area contributed by atoms with Crippen molar-refractivity contribution in [2.75, 3.05) is 6.61 Å². The number of ether oxygens (including phenoxy) is 6. The molecule has 1 aromatic rings. The molecule has 4 rings (SSSR count). The minimum atomic E-state index is -2.24. The number of aliphatic hydroxyl groups is 2. The molecule has 49 heavy (non-hydrogen) atoms. The summed E-state index contributed by atoms with van der Waals surface area (Å²) in [7, 11) is 0. The van der Waals surface area contributed by atoms with Crippen molar-refractivity contribution in [1.29, 1.82) is 0 Å². The lowest BCUT2D eigenvalue weighted by atomic mass is 9.45. The number of fused-ring (bicyclic) bond motifs is 1. The quantitative estimate of drug-likeness (QED) is 0.255. The van der Waals surface area contributed by atoms with Crippen LogP contribution in [0.15, 0.2) is 30.3 Å². The highest BCUT2D eigenvalue weighted by Gasteiger charge is 2.88. The van der Waals surface area contributed by atoms with Crippen molar-refractivity contribution in [1.82, 2.24) is 0 Å². The molecule has 0 amide bonds. The summed E-state index contributed by atoms with van der Waals surface area (Å²) >= 11 is 0. The molecule has 1 spiro atoms. The Morgan fingerprint density at radius 2 is 1.39 bits per heavy atom. The van der Waals surface area contributed by atoms with E-state index in [1.165, 1.54) is 19.1 Å². The summed E-state index contributed by atoms with van der Waals surface area (Å²) < 4.78 is 37.3. The molecule has 13 heteroatoms. The average molecular weight is 691 g/mol. The van der Waals surface area contributed by atoms with Gasteiger partial charge in [-0.2, -0.15) is 0 Å². The van der Waals surface area contributed by atoms with Crippen LogP contribution in [0.5, 0.6) is 0 Å². The van der Waals surface area contributed by atoms with Crippen LogP contribution in [0.1, 0.15) is 91.9 Å². The van der Waals surface area contributed by atoms with Crippen molar-refractivity contribution in [3.05, 3.63) is 35.9 Å². The van der Waals surface area contributed by atoms with E-state index in [2.05, 4.69) is 0 Å². The third kappa shape index (κ3) is 6.45. The number of rotatable bonds is 11. The SMILES string of the molecule is CCC(C)C(=O)OC[C@@]12C(OC(C)=O)C(O)C[C@@](C)(O)[C@]13OC(C)(C)[C@H](C(OC(=O)C(C)CC)C2OC(=O)c1ccccc1)C3OC(C)=O. The summed E-state index contributed by atoms with van der Waals surface area (Å²) in [5.74, 6) is -6.21. The molecule has 2 aliphatic carbocycles. The normalized spacial score (nSPS) is 35.6. The Labute approximate surface area is 286 Å². The number of carbonyl (C=O) groups is 5. The molecule has 1 saturated heterocycles. The van der Waals surface area contributed by atoms with Crippen molar-refractivity contribution in [2.45, 2.75) is 129 Å². The van der Waals surface area contributed by atoms with Gasteiger partial charge in [-0.25, -0.2) is 4.79 Å². The fraction of sp³-hybridized carbons (Fsp3) is 0.694. The van der Waals surface area contributed by atoms with Gasteiger partial charge < -0.3 is 38.6 Å². The van der Waals surface area contributed by atoms with E-state index in [9.17, 15) is 34.2 Å². The summed E-state index contributed by atoms with van der Waals surface area (Å²) in [6.07, 6.45) is -7.68. The second kappa shape index (κ2) is 14.0. The average Bonchev–Trinajstić information content (AvgIpc) is 3.23. The van der Waals surface area contributed by atoms with Gasteiger partial charge in [0.1, 0.15) is 30.3 Å². The van der Waals surface area contributed by atoms with Crippen molar-refractivity contribution < 1.29 is 62.6 Å². The number of aliphatic hydroxyl groups excluding tert-OH is 1. The topological polar surface area (TPSA) is 181 Å². The first-order valence-electron chi connectivity index (χ1n) is 16.9. The molecule has 11 atom stereocenters. The largest absolute Gasteiger partial charge is 0.464 e. The van der Waals surface area contributed by atoms with Gasteiger partial charge >= 0.3 is 29.8 Å². The van der Waals surface area contributed by atoms with Crippen LogP contribution in [-0.2, 0) is 47.6 Å². The highest BCUT2D eigenvalue weighted by molar-refractivity contribution is 5.89. The third-order valence-electron chi connectivity index (χ3n) is 10.6. The van der Waals surface area contributed by atoms with Crippen LogP contribution in [-0.4, -0.2) is 94.0 Å². The Morgan fingerprint density at radius 1 is 0.837 bits per heavy atom. The van der Waals surface area contributed by atoms with E-state index in [1.807, 2.05) is 0 Å². The fourth-order valence-corrected chi connectivity index (χ4v) is 8.03. The van der Waals surface area contributed by atoms with E-state index in [0.717, 1.165) is 13.8 Å². The van der Waals surface area contributed by atoms with Gasteiger partial charge in [0.2, 0.25) is 0 Å². The molecule has 3 aliphatic rings. The third-order valence-corrected chi connectivity index (χ3v) is 10.6. The van der Waals surface area contributed by atoms with E-state index >= 15 is 0 Å². The summed E-state index contributed by atoms with van der Waals surface area (Å²) in [4.78, 5) is 66.9. The zero-order chi connectivity index (χ0) is 36.7. The fourth-order valence-electron chi connectivity index (χ4n) is 8.03. The molecule has 1 aromatic carbocycles. The van der Waals surface area contributed by atoms with Crippen molar-refractivity contribution in [2.24, 2.45) is 23.2 Å². The van der Waals surface area contributed by atoms with Crippen LogP contribution in [0.25, 0.3) is 0 Å². The lowest BCUT2D eigenvalue weighted by molar-refractivity contribution is -0.363. The van der Waals surface area contributed by atoms with Gasteiger partial charge in [0.05, 0.1) is 40.6 Å². The van der Waals surface area contributed by atoms with E-state index in [4.69, 9.17) is 28.4 Å². The first kappa shape index (κ1) is 38.3. The van der Waals surface area contributed by atoms with Crippen molar-refractivity contribution in [3.8, 4) is 0 Å². The molecule has 0 aromatic heterocycles. The molecule has 2 bridgehead atoms. The highest BCUT2D eigenvalue weighted by Crippen LogP contribution is 2.69. The molecule has 0 radical (unpaired) electrons. The first-order chi connectivity index (χ1) is 22.8. The number of hydrogen-bond donors (Lipinski definition) is 2. The van der Waals surface area contributed by atoms with Gasteiger partial charge in [-0.3, -0.25) is 19.2 Å². The van der Waals surface area contributed by atoms with Crippen LogP contribution in [0.2, 0.25) is 0 Å². The van der Waals surface area contributed by atoms with Gasteiger partial charge in [-0.05, 0) is 45.7 Å². The minimum Gasteiger partial charge on any atom is -0.464 e.